The highest BCUT2D eigenvalue weighted by molar-refractivity contribution is 7.92. The Labute approximate surface area is 185 Å². The summed E-state index contributed by atoms with van der Waals surface area (Å²) < 4.78 is 28.2. The van der Waals surface area contributed by atoms with Crippen LogP contribution in [0, 0.1) is 6.92 Å². The lowest BCUT2D eigenvalue weighted by Crippen LogP contribution is -2.14. The van der Waals surface area contributed by atoms with Crippen LogP contribution in [0.1, 0.15) is 54.7 Å². The molecular formula is C26H28N2O2S. The van der Waals surface area contributed by atoms with Crippen molar-refractivity contribution in [1.82, 2.24) is 0 Å². The first-order valence-corrected chi connectivity index (χ1v) is 12.3. The fraction of sp³-hybridized carbons (Fsp3) is 0.269. The minimum Gasteiger partial charge on any atom is -0.279 e. The van der Waals surface area contributed by atoms with Crippen molar-refractivity contribution in [2.45, 2.75) is 49.8 Å². The molecule has 4 nitrogen and oxygen atoms in total. The summed E-state index contributed by atoms with van der Waals surface area (Å²) in [5.74, 6) is 0.670. The van der Waals surface area contributed by atoms with Crippen molar-refractivity contribution in [2.24, 2.45) is 4.99 Å². The molecule has 0 bridgehead atoms. The van der Waals surface area contributed by atoms with Gasteiger partial charge in [-0.15, -0.1) is 0 Å². The zero-order valence-corrected chi connectivity index (χ0v) is 18.6. The second-order valence-electron chi connectivity index (χ2n) is 8.19. The van der Waals surface area contributed by atoms with E-state index >= 15 is 0 Å². The molecule has 3 aromatic carbocycles. The van der Waals surface area contributed by atoms with Gasteiger partial charge in [0.1, 0.15) is 0 Å². The lowest BCUT2D eigenvalue weighted by atomic mass is 9.84. The molecule has 0 saturated heterocycles. The Kier molecular flexibility index (Phi) is 6.52. The topological polar surface area (TPSA) is 58.5 Å². The van der Waals surface area contributed by atoms with Gasteiger partial charge in [0.25, 0.3) is 10.0 Å². The summed E-state index contributed by atoms with van der Waals surface area (Å²) in [6.45, 7) is 1.93. The lowest BCUT2D eigenvalue weighted by Gasteiger charge is -2.21. The molecule has 1 aliphatic carbocycles. The van der Waals surface area contributed by atoms with Gasteiger partial charge in [-0.3, -0.25) is 9.71 Å². The van der Waals surface area contributed by atoms with Gasteiger partial charge in [-0.1, -0.05) is 67.3 Å². The third-order valence-corrected chi connectivity index (χ3v) is 7.24. The van der Waals surface area contributed by atoms with Crippen molar-refractivity contribution in [3.63, 3.8) is 0 Å². The second-order valence-corrected chi connectivity index (χ2v) is 9.87. The third-order valence-electron chi connectivity index (χ3n) is 5.86. The molecule has 0 aliphatic heterocycles. The van der Waals surface area contributed by atoms with Crippen LogP contribution in [0.4, 0.5) is 11.4 Å². The van der Waals surface area contributed by atoms with Crippen molar-refractivity contribution in [3.8, 4) is 0 Å². The SMILES string of the molecule is Cc1ccc(S(=O)(=O)Nc2ccccc2C=Nc2ccc(C3CCCCC3)cc2)cc1. The van der Waals surface area contributed by atoms with Crippen molar-refractivity contribution in [2.75, 3.05) is 4.72 Å². The molecule has 0 aromatic heterocycles. The average Bonchev–Trinajstić information content (AvgIpc) is 2.79. The van der Waals surface area contributed by atoms with Gasteiger partial charge in [-0.2, -0.15) is 0 Å². The van der Waals surface area contributed by atoms with E-state index in [2.05, 4.69) is 21.8 Å². The summed E-state index contributed by atoms with van der Waals surface area (Å²) in [4.78, 5) is 4.82. The predicted octanol–water partition coefficient (Wildman–Crippen LogP) is 6.59. The Morgan fingerprint density at radius 2 is 1.55 bits per heavy atom. The molecule has 31 heavy (non-hydrogen) atoms. The van der Waals surface area contributed by atoms with E-state index in [4.69, 9.17) is 0 Å². The van der Waals surface area contributed by atoms with Gasteiger partial charge in [0.2, 0.25) is 0 Å². The number of benzene rings is 3. The highest BCUT2D eigenvalue weighted by Gasteiger charge is 2.16. The molecular weight excluding hydrogens is 404 g/mol. The standard InChI is InChI=1S/C26H28N2O2S/c1-20-11-17-25(18-12-20)31(29,30)28-26-10-6-5-9-23(26)19-27-24-15-13-22(14-16-24)21-7-3-2-4-8-21/h5-6,9-19,21,28H,2-4,7-8H2,1H3. The first kappa shape index (κ1) is 21.3. The van der Waals surface area contributed by atoms with E-state index in [9.17, 15) is 8.42 Å². The second kappa shape index (κ2) is 9.48. The van der Waals surface area contributed by atoms with Crippen LogP contribution < -0.4 is 4.72 Å². The molecule has 160 valence electrons. The molecule has 0 unspecified atom stereocenters. The first-order chi connectivity index (χ1) is 15.0. The van der Waals surface area contributed by atoms with E-state index in [1.165, 1.54) is 37.7 Å². The first-order valence-electron chi connectivity index (χ1n) is 10.8. The van der Waals surface area contributed by atoms with Gasteiger partial charge >= 0.3 is 0 Å². The molecule has 1 fully saturated rings. The summed E-state index contributed by atoms with van der Waals surface area (Å²) in [5, 5.41) is 0. The van der Waals surface area contributed by atoms with Gasteiger partial charge in [0, 0.05) is 11.8 Å². The molecule has 4 rings (SSSR count). The number of hydrogen-bond acceptors (Lipinski definition) is 3. The zero-order chi connectivity index (χ0) is 21.7. The molecule has 0 radical (unpaired) electrons. The molecule has 1 saturated carbocycles. The number of nitrogens with zero attached hydrogens (tertiary/aromatic N) is 1. The number of hydrogen-bond donors (Lipinski definition) is 1. The summed E-state index contributed by atoms with van der Waals surface area (Å²) in [7, 11) is -3.67. The van der Waals surface area contributed by atoms with Crippen molar-refractivity contribution >= 4 is 27.6 Å². The average molecular weight is 433 g/mol. The predicted molar refractivity (Wildman–Crippen MR) is 128 cm³/mol. The third kappa shape index (κ3) is 5.42. The van der Waals surface area contributed by atoms with Gasteiger partial charge in [0.05, 0.1) is 16.3 Å². The monoisotopic (exact) mass is 432 g/mol. The Morgan fingerprint density at radius 3 is 2.26 bits per heavy atom. The highest BCUT2D eigenvalue weighted by Crippen LogP contribution is 2.33. The number of rotatable bonds is 6. The minimum atomic E-state index is -3.67. The fourth-order valence-electron chi connectivity index (χ4n) is 4.04. The number of sulfonamides is 1. The minimum absolute atomic E-state index is 0.239. The molecule has 0 atom stereocenters. The quantitative estimate of drug-likeness (QED) is 0.446. The summed E-state index contributed by atoms with van der Waals surface area (Å²) in [6.07, 6.45) is 8.25. The Bertz CT molecular complexity index is 1140. The fourth-order valence-corrected chi connectivity index (χ4v) is 5.12. The van der Waals surface area contributed by atoms with E-state index < -0.39 is 10.0 Å². The largest absolute Gasteiger partial charge is 0.279 e. The molecule has 0 heterocycles. The maximum atomic E-state index is 12.8. The maximum absolute atomic E-state index is 12.8. The summed E-state index contributed by atoms with van der Waals surface area (Å²) in [6, 6.07) is 22.5. The van der Waals surface area contributed by atoms with Crippen LogP contribution in [-0.2, 0) is 10.0 Å². The zero-order valence-electron chi connectivity index (χ0n) is 17.8. The van der Waals surface area contributed by atoms with Crippen LogP contribution in [0.3, 0.4) is 0 Å². The van der Waals surface area contributed by atoms with Crippen LogP contribution in [0.5, 0.6) is 0 Å². The number of nitrogens with one attached hydrogen (secondary N) is 1. The van der Waals surface area contributed by atoms with Crippen molar-refractivity contribution < 1.29 is 8.42 Å². The number of aliphatic imine (C=N–C) groups is 1. The van der Waals surface area contributed by atoms with E-state index in [1.807, 2.05) is 37.3 Å². The van der Waals surface area contributed by atoms with Crippen molar-refractivity contribution in [1.29, 1.82) is 0 Å². The van der Waals surface area contributed by atoms with Crippen LogP contribution in [-0.4, -0.2) is 14.6 Å². The molecule has 1 aliphatic rings. The molecule has 0 spiro atoms. The van der Waals surface area contributed by atoms with E-state index in [0.717, 1.165) is 16.8 Å². The Morgan fingerprint density at radius 1 is 0.871 bits per heavy atom. The van der Waals surface area contributed by atoms with Gasteiger partial charge in [-0.25, -0.2) is 8.42 Å². The number of anilines is 1. The molecule has 5 heteroatoms. The molecule has 1 N–H and O–H groups in total. The van der Waals surface area contributed by atoms with Crippen LogP contribution >= 0.6 is 0 Å². The molecule has 3 aromatic rings. The van der Waals surface area contributed by atoms with Crippen LogP contribution in [0.15, 0.2) is 82.7 Å². The van der Waals surface area contributed by atoms with E-state index in [1.54, 1.807) is 36.5 Å². The highest BCUT2D eigenvalue weighted by atomic mass is 32.2. The molecule has 0 amide bonds. The Balaban J connectivity index is 1.50. The van der Waals surface area contributed by atoms with Gasteiger partial charge < -0.3 is 0 Å². The van der Waals surface area contributed by atoms with Gasteiger partial charge in [-0.05, 0) is 61.6 Å². The smallest absolute Gasteiger partial charge is 0.261 e. The van der Waals surface area contributed by atoms with E-state index in [0.29, 0.717) is 11.6 Å². The van der Waals surface area contributed by atoms with Gasteiger partial charge in [0.15, 0.2) is 0 Å². The van der Waals surface area contributed by atoms with Crippen LogP contribution in [0.25, 0.3) is 0 Å². The summed E-state index contributed by atoms with van der Waals surface area (Å²) in [5.41, 5.74) is 4.49. The summed E-state index contributed by atoms with van der Waals surface area (Å²) >= 11 is 0. The Hall–Kier alpha value is -2.92. The number of para-hydroxylation sites is 1. The van der Waals surface area contributed by atoms with Crippen molar-refractivity contribution in [3.05, 3.63) is 89.5 Å². The number of aryl methyl sites for hydroxylation is 1. The normalized spacial score (nSPS) is 15.3. The van der Waals surface area contributed by atoms with Crippen LogP contribution in [0.2, 0.25) is 0 Å². The van der Waals surface area contributed by atoms with E-state index in [-0.39, 0.29) is 4.90 Å². The maximum Gasteiger partial charge on any atom is 0.261 e. The lowest BCUT2D eigenvalue weighted by molar-refractivity contribution is 0.443.